The van der Waals surface area contributed by atoms with Crippen LogP contribution in [-0.4, -0.2) is 28.1 Å². The van der Waals surface area contributed by atoms with E-state index in [1.165, 1.54) is 0 Å². The molecule has 2 aromatic rings. The average Bonchev–Trinajstić information content (AvgIpc) is 2.91. The maximum absolute atomic E-state index is 11.6. The summed E-state index contributed by atoms with van der Waals surface area (Å²) in [6.45, 7) is 0. The molecular formula is C15H14ClN4O2+. The van der Waals surface area contributed by atoms with Gasteiger partial charge < -0.3 is 5.11 Å². The minimum Gasteiger partial charge on any atom is -0.507 e. The largest absolute Gasteiger partial charge is 0.507 e. The monoisotopic (exact) mass is 317 g/mol. The standard InChI is InChI=1S/C15H12N4O2.ClH/c16-18-15(21)10-5-6-12-13(7-10)19(9-17-12)8-11-3-1-2-4-14(11)20;/h1-9H,16H2,(H,18,21);1H/p+1. The number of rotatable bonds is 2. The van der Waals surface area contributed by atoms with Gasteiger partial charge in [-0.25, -0.2) is 5.84 Å². The number of amides is 1. The van der Waals surface area contributed by atoms with E-state index >= 15 is 0 Å². The Morgan fingerprint density at radius 2 is 2.05 bits per heavy atom. The van der Waals surface area contributed by atoms with E-state index in [1.54, 1.807) is 53.5 Å². The van der Waals surface area contributed by atoms with Gasteiger partial charge in [0.1, 0.15) is 12.0 Å². The highest BCUT2D eigenvalue weighted by atomic mass is 35.5. The summed E-state index contributed by atoms with van der Waals surface area (Å²) >= 11 is 0. The number of fused-ring (bicyclic) bond motifs is 1. The van der Waals surface area contributed by atoms with Gasteiger partial charge in [0.05, 0.1) is 5.56 Å². The lowest BCUT2D eigenvalue weighted by Crippen LogP contribution is -2.29. The molecule has 0 spiro atoms. The number of carbonyl (C=O) groups excluding carboxylic acids is 1. The fourth-order valence-electron chi connectivity index (χ4n) is 2.10. The molecule has 6 nitrogen and oxygen atoms in total. The SMILES string of the molecule is Cl.NNC(=O)c1ccc2c(c1)[N+](=Cc1ccccc1O)C=N2. The first-order chi connectivity index (χ1) is 10.2. The number of nitrogens with one attached hydrogen (secondary N) is 1. The zero-order chi connectivity index (χ0) is 14.8. The first kappa shape index (κ1) is 15.7. The summed E-state index contributed by atoms with van der Waals surface area (Å²) < 4.78 is 1.75. The lowest BCUT2D eigenvalue weighted by molar-refractivity contribution is -0.282. The second-order valence-corrected chi connectivity index (χ2v) is 4.52. The van der Waals surface area contributed by atoms with Gasteiger partial charge in [0.25, 0.3) is 12.2 Å². The molecular weight excluding hydrogens is 304 g/mol. The third-order valence-corrected chi connectivity index (χ3v) is 3.18. The molecule has 0 atom stereocenters. The molecule has 0 saturated heterocycles. The number of nitrogens with two attached hydrogens (primary N) is 1. The van der Waals surface area contributed by atoms with E-state index in [9.17, 15) is 9.90 Å². The van der Waals surface area contributed by atoms with Crippen LogP contribution in [0.25, 0.3) is 0 Å². The van der Waals surface area contributed by atoms with E-state index in [0.29, 0.717) is 11.1 Å². The summed E-state index contributed by atoms with van der Waals surface area (Å²) in [5.74, 6) is 4.95. The van der Waals surface area contributed by atoms with E-state index in [4.69, 9.17) is 5.84 Å². The highest BCUT2D eigenvalue weighted by Crippen LogP contribution is 2.32. The van der Waals surface area contributed by atoms with Crippen LogP contribution >= 0.6 is 12.4 Å². The number of hydrazine groups is 1. The molecule has 1 heterocycles. The number of aromatic hydroxyl groups is 1. The van der Waals surface area contributed by atoms with Gasteiger partial charge in [-0.15, -0.1) is 12.4 Å². The first-order valence-corrected chi connectivity index (χ1v) is 6.29. The number of benzene rings is 2. The van der Waals surface area contributed by atoms with E-state index in [1.807, 2.05) is 6.07 Å². The predicted molar refractivity (Wildman–Crippen MR) is 86.7 cm³/mol. The molecule has 0 aromatic heterocycles. The number of aliphatic imine (C=N–C) groups is 1. The van der Waals surface area contributed by atoms with Crippen molar-refractivity contribution in [1.82, 2.24) is 5.43 Å². The molecule has 1 aliphatic rings. The van der Waals surface area contributed by atoms with Gasteiger partial charge in [0, 0.05) is 11.6 Å². The summed E-state index contributed by atoms with van der Waals surface area (Å²) in [5.41, 5.74) is 4.69. The first-order valence-electron chi connectivity index (χ1n) is 6.29. The zero-order valence-electron chi connectivity index (χ0n) is 11.4. The van der Waals surface area contributed by atoms with Crippen molar-refractivity contribution in [1.29, 1.82) is 0 Å². The van der Waals surface area contributed by atoms with Crippen LogP contribution in [0.1, 0.15) is 15.9 Å². The average molecular weight is 318 g/mol. The highest BCUT2D eigenvalue weighted by Gasteiger charge is 2.22. The minimum absolute atomic E-state index is 0. The smallest absolute Gasteiger partial charge is 0.292 e. The third kappa shape index (κ3) is 2.83. The van der Waals surface area contributed by atoms with E-state index < -0.39 is 0 Å². The van der Waals surface area contributed by atoms with Gasteiger partial charge in [-0.3, -0.25) is 10.2 Å². The molecule has 0 fully saturated rings. The molecule has 0 radical (unpaired) electrons. The molecule has 0 bridgehead atoms. The summed E-state index contributed by atoms with van der Waals surface area (Å²) in [6, 6.07) is 12.1. The molecule has 112 valence electrons. The van der Waals surface area contributed by atoms with Crippen molar-refractivity contribution in [2.75, 3.05) is 0 Å². The fraction of sp³-hybridized carbons (Fsp3) is 0. The fourth-order valence-corrected chi connectivity index (χ4v) is 2.10. The number of nitrogens with zero attached hydrogens (tertiary/aromatic N) is 2. The van der Waals surface area contributed by atoms with Gasteiger partial charge in [-0.2, -0.15) is 4.58 Å². The summed E-state index contributed by atoms with van der Waals surface area (Å²) in [7, 11) is 0. The summed E-state index contributed by atoms with van der Waals surface area (Å²) in [6.07, 6.45) is 3.37. The number of phenols is 1. The number of para-hydroxylation sites is 1. The van der Waals surface area contributed by atoms with E-state index in [0.717, 1.165) is 11.4 Å². The van der Waals surface area contributed by atoms with Gasteiger partial charge in [-0.05, 0) is 29.3 Å². The van der Waals surface area contributed by atoms with Gasteiger partial charge in [0.15, 0.2) is 5.69 Å². The molecule has 3 rings (SSSR count). The molecule has 2 aromatic carbocycles. The van der Waals surface area contributed by atoms with Crippen molar-refractivity contribution in [2.24, 2.45) is 10.8 Å². The normalized spacial score (nSPS) is 13.6. The Bertz CT molecular complexity index is 787. The van der Waals surface area contributed by atoms with Crippen LogP contribution in [0.15, 0.2) is 47.5 Å². The van der Waals surface area contributed by atoms with Crippen LogP contribution in [0.4, 0.5) is 11.4 Å². The number of hydrogen-bond acceptors (Lipinski definition) is 4. The van der Waals surface area contributed by atoms with Crippen molar-refractivity contribution in [2.45, 2.75) is 0 Å². The lowest BCUT2D eigenvalue weighted by atomic mass is 10.1. The Balaban J connectivity index is 0.00000176. The molecule has 0 unspecified atom stereocenters. The maximum atomic E-state index is 11.6. The van der Waals surface area contributed by atoms with Gasteiger partial charge in [0.2, 0.25) is 5.69 Å². The molecule has 0 saturated carbocycles. The van der Waals surface area contributed by atoms with Crippen molar-refractivity contribution in [3.8, 4) is 5.75 Å². The number of phenolic OH excluding ortho intramolecular Hbond substituents is 1. The molecule has 22 heavy (non-hydrogen) atoms. The van der Waals surface area contributed by atoms with Crippen molar-refractivity contribution >= 4 is 42.2 Å². The van der Waals surface area contributed by atoms with Crippen LogP contribution in [0, 0.1) is 0 Å². The number of nitrogen functional groups attached to an aromatic ring is 1. The molecule has 0 aliphatic carbocycles. The van der Waals surface area contributed by atoms with Crippen LogP contribution in [-0.2, 0) is 0 Å². The maximum Gasteiger partial charge on any atom is 0.292 e. The minimum atomic E-state index is -0.368. The van der Waals surface area contributed by atoms with E-state index in [2.05, 4.69) is 10.4 Å². The Kier molecular flexibility index (Phi) is 4.55. The Morgan fingerprint density at radius 3 is 2.77 bits per heavy atom. The van der Waals surface area contributed by atoms with Gasteiger partial charge in [-0.1, -0.05) is 12.1 Å². The van der Waals surface area contributed by atoms with Crippen LogP contribution < -0.4 is 11.3 Å². The topological polar surface area (TPSA) is 90.7 Å². The van der Waals surface area contributed by atoms with Crippen molar-refractivity contribution in [3.63, 3.8) is 0 Å². The molecule has 1 amide bonds. The Morgan fingerprint density at radius 1 is 1.27 bits per heavy atom. The molecule has 7 heteroatoms. The summed E-state index contributed by atoms with van der Waals surface area (Å²) in [5, 5.41) is 9.82. The van der Waals surface area contributed by atoms with Crippen LogP contribution in [0.3, 0.4) is 0 Å². The third-order valence-electron chi connectivity index (χ3n) is 3.18. The number of hydrogen-bond donors (Lipinski definition) is 3. The molecule has 1 aliphatic heterocycles. The van der Waals surface area contributed by atoms with Crippen LogP contribution in [0.2, 0.25) is 0 Å². The second-order valence-electron chi connectivity index (χ2n) is 4.52. The van der Waals surface area contributed by atoms with Crippen molar-refractivity contribution < 1.29 is 14.5 Å². The predicted octanol–water partition coefficient (Wildman–Crippen LogP) is 1.85. The Labute approximate surface area is 133 Å². The highest BCUT2D eigenvalue weighted by molar-refractivity contribution is 5.96. The van der Waals surface area contributed by atoms with E-state index in [-0.39, 0.29) is 24.1 Å². The summed E-state index contributed by atoms with van der Waals surface area (Å²) in [4.78, 5) is 15.8. The lowest BCUT2D eigenvalue weighted by Gasteiger charge is -2.02. The second kappa shape index (κ2) is 6.38. The number of carbonyl (C=O) groups is 1. The zero-order valence-corrected chi connectivity index (χ0v) is 12.2. The van der Waals surface area contributed by atoms with Crippen molar-refractivity contribution in [3.05, 3.63) is 53.6 Å². The molecule has 4 N–H and O–H groups in total. The van der Waals surface area contributed by atoms with Gasteiger partial charge >= 0.3 is 0 Å². The quantitative estimate of drug-likeness (QED) is 0.342. The Hall–Kier alpha value is -2.70. The number of halogens is 1. The van der Waals surface area contributed by atoms with Crippen LogP contribution in [0.5, 0.6) is 5.75 Å².